The first-order valence-corrected chi connectivity index (χ1v) is 9.00. The van der Waals surface area contributed by atoms with E-state index in [2.05, 4.69) is 10.5 Å². The second-order valence-electron chi connectivity index (χ2n) is 6.08. The summed E-state index contributed by atoms with van der Waals surface area (Å²) in [5.74, 6) is 0.126. The van der Waals surface area contributed by atoms with Gasteiger partial charge in [-0.3, -0.25) is 4.79 Å². The highest BCUT2D eigenvalue weighted by atomic mass is 35.5. The lowest BCUT2D eigenvalue weighted by atomic mass is 10.1. The molecule has 0 bridgehead atoms. The van der Waals surface area contributed by atoms with Crippen molar-refractivity contribution >= 4 is 23.7 Å². The van der Waals surface area contributed by atoms with E-state index in [1.54, 1.807) is 18.3 Å². The molecule has 1 amide bonds. The van der Waals surface area contributed by atoms with Crippen LogP contribution in [-0.2, 0) is 17.8 Å². The number of rotatable bonds is 7. The van der Waals surface area contributed by atoms with Crippen molar-refractivity contribution in [2.75, 3.05) is 0 Å². The average molecular weight is 397 g/mol. The Labute approximate surface area is 167 Å². The van der Waals surface area contributed by atoms with Crippen LogP contribution in [0, 0.1) is 5.82 Å². The van der Waals surface area contributed by atoms with Gasteiger partial charge in [0.1, 0.15) is 18.2 Å². The fourth-order valence-corrected chi connectivity index (χ4v) is 2.53. The Morgan fingerprint density at radius 3 is 2.29 bits per heavy atom. The van der Waals surface area contributed by atoms with Crippen LogP contribution in [-0.4, -0.2) is 12.1 Å². The van der Waals surface area contributed by atoms with Crippen LogP contribution in [0.4, 0.5) is 4.39 Å². The molecule has 3 aromatic carbocycles. The molecule has 3 rings (SSSR count). The Balaban J connectivity index is 1.45. The summed E-state index contributed by atoms with van der Waals surface area (Å²) in [5, 5.41) is 4.63. The molecule has 0 unspecified atom stereocenters. The van der Waals surface area contributed by atoms with E-state index < -0.39 is 0 Å². The van der Waals surface area contributed by atoms with E-state index in [1.165, 1.54) is 12.1 Å². The number of hydrogen-bond donors (Lipinski definition) is 1. The van der Waals surface area contributed by atoms with Gasteiger partial charge >= 0.3 is 0 Å². The van der Waals surface area contributed by atoms with Gasteiger partial charge in [-0.15, -0.1) is 0 Å². The molecule has 0 saturated carbocycles. The van der Waals surface area contributed by atoms with E-state index in [0.717, 1.165) is 22.4 Å². The SMILES string of the molecule is O=C(Cc1ccc(F)cc1)N/N=C/c1ccc(OCc2ccc(Cl)cc2)cc1. The van der Waals surface area contributed by atoms with E-state index in [-0.39, 0.29) is 18.1 Å². The van der Waals surface area contributed by atoms with Gasteiger partial charge in [0.15, 0.2) is 0 Å². The highest BCUT2D eigenvalue weighted by Crippen LogP contribution is 2.15. The molecule has 0 atom stereocenters. The number of halogens is 2. The minimum atomic E-state index is -0.331. The molecule has 0 saturated heterocycles. The summed E-state index contributed by atoms with van der Waals surface area (Å²) in [7, 11) is 0. The molecule has 0 spiro atoms. The fourth-order valence-electron chi connectivity index (χ4n) is 2.40. The third-order valence-electron chi connectivity index (χ3n) is 3.88. The first-order chi connectivity index (χ1) is 13.6. The fraction of sp³-hybridized carbons (Fsp3) is 0.0909. The van der Waals surface area contributed by atoms with Gasteiger partial charge in [-0.05, 0) is 65.2 Å². The zero-order valence-corrected chi connectivity index (χ0v) is 15.7. The van der Waals surface area contributed by atoms with Crippen LogP contribution in [0.15, 0.2) is 77.9 Å². The van der Waals surface area contributed by atoms with Gasteiger partial charge in [-0.1, -0.05) is 35.9 Å². The normalized spacial score (nSPS) is 10.8. The van der Waals surface area contributed by atoms with Crippen LogP contribution in [0.25, 0.3) is 0 Å². The quantitative estimate of drug-likeness (QED) is 0.462. The van der Waals surface area contributed by atoms with Gasteiger partial charge in [0.05, 0.1) is 12.6 Å². The van der Waals surface area contributed by atoms with E-state index in [4.69, 9.17) is 16.3 Å². The van der Waals surface area contributed by atoms with Gasteiger partial charge in [0.2, 0.25) is 5.91 Å². The Kier molecular flexibility index (Phi) is 6.76. The van der Waals surface area contributed by atoms with Gasteiger partial charge in [-0.2, -0.15) is 5.10 Å². The molecule has 0 aromatic heterocycles. The van der Waals surface area contributed by atoms with Crippen LogP contribution in [0.5, 0.6) is 5.75 Å². The number of nitrogens with one attached hydrogen (secondary N) is 1. The third kappa shape index (κ3) is 6.21. The summed E-state index contributed by atoms with van der Waals surface area (Å²) in [5.41, 5.74) is 5.02. The molecule has 4 nitrogen and oxygen atoms in total. The second-order valence-corrected chi connectivity index (χ2v) is 6.52. The van der Waals surface area contributed by atoms with E-state index >= 15 is 0 Å². The van der Waals surface area contributed by atoms with Crippen LogP contribution in [0.1, 0.15) is 16.7 Å². The van der Waals surface area contributed by atoms with Crippen molar-refractivity contribution in [3.8, 4) is 5.75 Å². The molecular weight excluding hydrogens is 379 g/mol. The van der Waals surface area contributed by atoms with Crippen molar-refractivity contribution in [3.05, 3.63) is 100 Å². The highest BCUT2D eigenvalue weighted by Gasteiger charge is 2.02. The summed E-state index contributed by atoms with van der Waals surface area (Å²) in [6.07, 6.45) is 1.68. The molecule has 28 heavy (non-hydrogen) atoms. The minimum absolute atomic E-state index is 0.134. The molecule has 0 aliphatic rings. The standard InChI is InChI=1S/C22H18ClFN2O2/c23-19-7-1-18(2-8-19)15-28-21-11-5-17(6-12-21)14-25-26-22(27)13-16-3-9-20(24)10-4-16/h1-12,14H,13,15H2,(H,26,27)/b25-14+. The Morgan fingerprint density at radius 1 is 0.964 bits per heavy atom. The van der Waals surface area contributed by atoms with Gasteiger partial charge in [0, 0.05) is 5.02 Å². The Hall–Kier alpha value is -3.18. The largest absolute Gasteiger partial charge is 0.489 e. The van der Waals surface area contributed by atoms with Crippen molar-refractivity contribution in [2.24, 2.45) is 5.10 Å². The molecule has 6 heteroatoms. The Bertz CT molecular complexity index is 940. The maximum Gasteiger partial charge on any atom is 0.244 e. The summed E-state index contributed by atoms with van der Waals surface area (Å²) < 4.78 is 18.6. The minimum Gasteiger partial charge on any atom is -0.489 e. The lowest BCUT2D eigenvalue weighted by Crippen LogP contribution is -2.19. The maximum atomic E-state index is 12.9. The molecule has 3 aromatic rings. The average Bonchev–Trinajstić information content (AvgIpc) is 2.70. The van der Waals surface area contributed by atoms with Crippen LogP contribution < -0.4 is 10.2 Å². The molecule has 142 valence electrons. The van der Waals surface area contributed by atoms with Crippen molar-refractivity contribution in [2.45, 2.75) is 13.0 Å². The molecule has 0 fully saturated rings. The number of carbonyl (C=O) groups excluding carboxylic acids is 1. The zero-order valence-electron chi connectivity index (χ0n) is 14.9. The van der Waals surface area contributed by atoms with Crippen molar-refractivity contribution in [1.29, 1.82) is 0 Å². The van der Waals surface area contributed by atoms with Crippen molar-refractivity contribution < 1.29 is 13.9 Å². The first kappa shape index (κ1) is 19.6. The number of ether oxygens (including phenoxy) is 1. The lowest BCUT2D eigenvalue weighted by Gasteiger charge is -2.06. The van der Waals surface area contributed by atoms with Crippen LogP contribution in [0.2, 0.25) is 5.02 Å². The predicted molar refractivity (Wildman–Crippen MR) is 108 cm³/mol. The summed E-state index contributed by atoms with van der Waals surface area (Å²) in [4.78, 5) is 11.8. The zero-order chi connectivity index (χ0) is 19.8. The molecule has 0 aliphatic heterocycles. The number of hydrazone groups is 1. The van der Waals surface area contributed by atoms with Crippen molar-refractivity contribution in [3.63, 3.8) is 0 Å². The molecule has 0 heterocycles. The number of benzene rings is 3. The summed E-state index contributed by atoms with van der Waals surface area (Å²) in [6.45, 7) is 0.448. The van der Waals surface area contributed by atoms with E-state index in [1.807, 2.05) is 48.5 Å². The van der Waals surface area contributed by atoms with Crippen LogP contribution in [0.3, 0.4) is 0 Å². The summed E-state index contributed by atoms with van der Waals surface area (Å²) >= 11 is 5.86. The van der Waals surface area contributed by atoms with E-state index in [0.29, 0.717) is 11.6 Å². The monoisotopic (exact) mass is 396 g/mol. The lowest BCUT2D eigenvalue weighted by molar-refractivity contribution is -0.120. The van der Waals surface area contributed by atoms with Crippen molar-refractivity contribution in [1.82, 2.24) is 5.43 Å². The summed E-state index contributed by atoms with van der Waals surface area (Å²) in [6, 6.07) is 20.6. The smallest absolute Gasteiger partial charge is 0.244 e. The van der Waals surface area contributed by atoms with Gasteiger partial charge < -0.3 is 4.74 Å². The predicted octanol–water partition coefficient (Wildman–Crippen LogP) is 4.75. The first-order valence-electron chi connectivity index (χ1n) is 8.62. The molecule has 0 aliphatic carbocycles. The molecule has 1 N–H and O–H groups in total. The number of hydrogen-bond acceptors (Lipinski definition) is 3. The number of carbonyl (C=O) groups is 1. The Morgan fingerprint density at radius 2 is 1.61 bits per heavy atom. The van der Waals surface area contributed by atoms with E-state index in [9.17, 15) is 9.18 Å². The van der Waals surface area contributed by atoms with Gasteiger partial charge in [-0.25, -0.2) is 9.82 Å². The van der Waals surface area contributed by atoms with Crippen LogP contribution >= 0.6 is 11.6 Å². The molecular formula is C22H18ClFN2O2. The highest BCUT2D eigenvalue weighted by molar-refractivity contribution is 6.30. The third-order valence-corrected chi connectivity index (χ3v) is 4.13. The second kappa shape index (κ2) is 9.67. The topological polar surface area (TPSA) is 50.7 Å². The number of amides is 1. The maximum absolute atomic E-state index is 12.9. The number of nitrogens with zero attached hydrogens (tertiary/aromatic N) is 1. The van der Waals surface area contributed by atoms with Gasteiger partial charge in [0.25, 0.3) is 0 Å². The molecule has 0 radical (unpaired) electrons.